The van der Waals surface area contributed by atoms with E-state index in [2.05, 4.69) is 10.3 Å². The van der Waals surface area contributed by atoms with Crippen LogP contribution in [0.2, 0.25) is 0 Å². The maximum atomic E-state index is 13.2. The van der Waals surface area contributed by atoms with Crippen LogP contribution >= 0.6 is 0 Å². The Labute approximate surface area is 114 Å². The van der Waals surface area contributed by atoms with Crippen molar-refractivity contribution >= 4 is 11.5 Å². The molecular formula is C15H11F2N3. The van der Waals surface area contributed by atoms with Gasteiger partial charge in [0.1, 0.15) is 23.5 Å². The summed E-state index contributed by atoms with van der Waals surface area (Å²) < 4.78 is 26.3. The van der Waals surface area contributed by atoms with Crippen LogP contribution in [0.3, 0.4) is 0 Å². The summed E-state index contributed by atoms with van der Waals surface area (Å²) in [6, 6.07) is 8.65. The van der Waals surface area contributed by atoms with E-state index in [4.69, 9.17) is 5.26 Å². The summed E-state index contributed by atoms with van der Waals surface area (Å²) in [6.07, 6.45) is 2.18. The monoisotopic (exact) mass is 271 g/mol. The summed E-state index contributed by atoms with van der Waals surface area (Å²) in [5, 5.41) is 11.9. The summed E-state index contributed by atoms with van der Waals surface area (Å²) in [5.74, 6) is -0.580. The highest BCUT2D eigenvalue weighted by Crippen LogP contribution is 2.39. The van der Waals surface area contributed by atoms with Crippen molar-refractivity contribution in [2.75, 3.05) is 5.32 Å². The van der Waals surface area contributed by atoms with E-state index in [1.807, 2.05) is 12.1 Å². The lowest BCUT2D eigenvalue weighted by Gasteiger charge is -2.09. The molecule has 0 bridgehead atoms. The fourth-order valence-corrected chi connectivity index (χ4v) is 2.03. The van der Waals surface area contributed by atoms with Gasteiger partial charge in [0.2, 0.25) is 0 Å². The number of rotatable bonds is 3. The van der Waals surface area contributed by atoms with Gasteiger partial charge in [-0.3, -0.25) is 0 Å². The molecule has 0 amide bonds. The molecule has 100 valence electrons. The molecule has 5 heteroatoms. The van der Waals surface area contributed by atoms with Gasteiger partial charge in [-0.05, 0) is 37.1 Å². The van der Waals surface area contributed by atoms with E-state index in [0.717, 1.165) is 36.7 Å². The minimum Gasteiger partial charge on any atom is -0.339 e. The third-order valence-corrected chi connectivity index (χ3v) is 3.16. The summed E-state index contributed by atoms with van der Waals surface area (Å²) in [5.41, 5.74) is 1.49. The highest BCUT2D eigenvalue weighted by atomic mass is 19.1. The molecule has 3 nitrogen and oxygen atoms in total. The maximum absolute atomic E-state index is 13.2. The Bertz CT molecular complexity index is 683. The van der Waals surface area contributed by atoms with E-state index in [-0.39, 0.29) is 5.69 Å². The van der Waals surface area contributed by atoms with E-state index in [1.165, 1.54) is 0 Å². The first-order chi connectivity index (χ1) is 9.65. The van der Waals surface area contributed by atoms with Crippen molar-refractivity contribution in [1.29, 1.82) is 5.26 Å². The predicted molar refractivity (Wildman–Crippen MR) is 70.6 cm³/mol. The van der Waals surface area contributed by atoms with Gasteiger partial charge in [0, 0.05) is 23.4 Å². The minimum absolute atomic E-state index is 0.236. The molecular weight excluding hydrogens is 260 g/mol. The van der Waals surface area contributed by atoms with Gasteiger partial charge in [-0.25, -0.2) is 13.8 Å². The molecule has 20 heavy (non-hydrogen) atoms. The van der Waals surface area contributed by atoms with Gasteiger partial charge >= 0.3 is 0 Å². The molecule has 0 aliphatic heterocycles. The van der Waals surface area contributed by atoms with Crippen molar-refractivity contribution in [3.63, 3.8) is 0 Å². The molecule has 0 radical (unpaired) electrons. The van der Waals surface area contributed by atoms with Gasteiger partial charge < -0.3 is 5.32 Å². The van der Waals surface area contributed by atoms with Crippen LogP contribution in [0.15, 0.2) is 30.3 Å². The third kappa shape index (κ3) is 2.59. The van der Waals surface area contributed by atoms with Gasteiger partial charge in [0.15, 0.2) is 0 Å². The molecule has 1 N–H and O–H groups in total. The van der Waals surface area contributed by atoms with Crippen LogP contribution in [-0.4, -0.2) is 4.98 Å². The Morgan fingerprint density at radius 3 is 2.45 bits per heavy atom. The number of anilines is 2. The largest absolute Gasteiger partial charge is 0.339 e. The van der Waals surface area contributed by atoms with Crippen LogP contribution < -0.4 is 5.32 Å². The number of nitrogens with one attached hydrogen (secondary N) is 1. The Morgan fingerprint density at radius 1 is 1.15 bits per heavy atom. The second-order valence-corrected chi connectivity index (χ2v) is 4.80. The fourth-order valence-electron chi connectivity index (χ4n) is 2.03. The topological polar surface area (TPSA) is 48.7 Å². The summed E-state index contributed by atoms with van der Waals surface area (Å²) in [4.78, 5) is 4.38. The average Bonchev–Trinajstić information content (AvgIpc) is 3.21. The van der Waals surface area contributed by atoms with E-state index in [0.29, 0.717) is 17.3 Å². The normalized spacial score (nSPS) is 13.8. The molecule has 1 aliphatic carbocycles. The lowest BCUT2D eigenvalue weighted by Crippen LogP contribution is -2.00. The number of hydrogen-bond acceptors (Lipinski definition) is 3. The first kappa shape index (κ1) is 12.5. The van der Waals surface area contributed by atoms with Gasteiger partial charge in [0.05, 0.1) is 5.56 Å². The van der Waals surface area contributed by atoms with Crippen molar-refractivity contribution in [3.05, 3.63) is 53.2 Å². The molecule has 0 atom stereocenters. The lowest BCUT2D eigenvalue weighted by atomic mass is 10.2. The molecule has 1 heterocycles. The molecule has 1 aromatic heterocycles. The molecule has 1 aromatic carbocycles. The Balaban J connectivity index is 1.96. The van der Waals surface area contributed by atoms with Crippen LogP contribution in [0, 0.1) is 23.0 Å². The number of nitrogens with zero attached hydrogens (tertiary/aromatic N) is 2. The van der Waals surface area contributed by atoms with Crippen LogP contribution in [0.25, 0.3) is 0 Å². The second-order valence-electron chi connectivity index (χ2n) is 4.80. The van der Waals surface area contributed by atoms with Crippen molar-refractivity contribution in [2.24, 2.45) is 0 Å². The van der Waals surface area contributed by atoms with Crippen LogP contribution in [0.4, 0.5) is 20.3 Å². The molecule has 0 spiro atoms. The minimum atomic E-state index is -0.677. The van der Waals surface area contributed by atoms with Crippen molar-refractivity contribution in [2.45, 2.75) is 18.8 Å². The van der Waals surface area contributed by atoms with E-state index in [9.17, 15) is 8.78 Å². The number of pyridine rings is 1. The van der Waals surface area contributed by atoms with Gasteiger partial charge in [-0.2, -0.15) is 5.26 Å². The molecule has 1 saturated carbocycles. The number of nitriles is 1. The number of benzene rings is 1. The highest BCUT2D eigenvalue weighted by molar-refractivity contribution is 5.63. The van der Waals surface area contributed by atoms with Crippen LogP contribution in [0.1, 0.15) is 30.0 Å². The van der Waals surface area contributed by atoms with Crippen molar-refractivity contribution in [3.8, 4) is 6.07 Å². The zero-order chi connectivity index (χ0) is 14.1. The summed E-state index contributed by atoms with van der Waals surface area (Å²) >= 11 is 0. The zero-order valence-electron chi connectivity index (χ0n) is 10.5. The third-order valence-electron chi connectivity index (χ3n) is 3.16. The SMILES string of the molecule is N#Cc1ccc(C2CC2)nc1Nc1cc(F)cc(F)c1. The quantitative estimate of drug-likeness (QED) is 0.922. The number of halogens is 2. The smallest absolute Gasteiger partial charge is 0.148 e. The van der Waals surface area contributed by atoms with Gasteiger partial charge in [-0.15, -0.1) is 0 Å². The van der Waals surface area contributed by atoms with E-state index in [1.54, 1.807) is 6.07 Å². The van der Waals surface area contributed by atoms with E-state index >= 15 is 0 Å². The van der Waals surface area contributed by atoms with Crippen LogP contribution in [0.5, 0.6) is 0 Å². The highest BCUT2D eigenvalue weighted by Gasteiger charge is 2.25. The zero-order valence-corrected chi connectivity index (χ0v) is 10.5. The first-order valence-electron chi connectivity index (χ1n) is 6.30. The second kappa shape index (κ2) is 4.89. The van der Waals surface area contributed by atoms with Crippen molar-refractivity contribution in [1.82, 2.24) is 4.98 Å². The Morgan fingerprint density at radius 2 is 1.85 bits per heavy atom. The average molecular weight is 271 g/mol. The molecule has 2 aromatic rings. The summed E-state index contributed by atoms with van der Waals surface area (Å²) in [7, 11) is 0. The van der Waals surface area contributed by atoms with E-state index < -0.39 is 11.6 Å². The molecule has 1 aliphatic rings. The van der Waals surface area contributed by atoms with Crippen molar-refractivity contribution < 1.29 is 8.78 Å². The van der Waals surface area contributed by atoms with Gasteiger partial charge in [-0.1, -0.05) is 0 Å². The molecule has 3 rings (SSSR count). The molecule has 1 fully saturated rings. The number of hydrogen-bond donors (Lipinski definition) is 1. The summed E-state index contributed by atoms with van der Waals surface area (Å²) in [6.45, 7) is 0. The maximum Gasteiger partial charge on any atom is 0.148 e. The lowest BCUT2D eigenvalue weighted by molar-refractivity contribution is 0.584. The van der Waals surface area contributed by atoms with Gasteiger partial charge in [0.25, 0.3) is 0 Å². The first-order valence-corrected chi connectivity index (χ1v) is 6.30. The predicted octanol–water partition coefficient (Wildman–Crippen LogP) is 3.85. The fraction of sp³-hybridized carbons (Fsp3) is 0.200. The standard InChI is InChI=1S/C15H11F2N3/c16-11-5-12(17)7-13(6-11)19-15-10(8-18)3-4-14(20-15)9-1-2-9/h3-7,9H,1-2H2,(H,19,20). The van der Waals surface area contributed by atoms with Crippen LogP contribution in [-0.2, 0) is 0 Å². The number of aromatic nitrogens is 1. The molecule has 0 unspecified atom stereocenters. The Kier molecular flexibility index (Phi) is 3.07. The molecule has 0 saturated heterocycles. The Hall–Kier alpha value is -2.48.